The number of aliphatic imine (C=N–C) groups is 1. The van der Waals surface area contributed by atoms with E-state index in [-0.39, 0.29) is 36.4 Å². The van der Waals surface area contributed by atoms with Crippen molar-refractivity contribution in [3.05, 3.63) is 0 Å². The van der Waals surface area contributed by atoms with Gasteiger partial charge in [0, 0.05) is 33.3 Å². The molecule has 0 aliphatic rings. The number of rotatable bonds is 10. The number of guanidine groups is 1. The van der Waals surface area contributed by atoms with Crippen molar-refractivity contribution < 1.29 is 9.53 Å². The van der Waals surface area contributed by atoms with Crippen LogP contribution in [0.1, 0.15) is 40.5 Å². The molecule has 0 bridgehead atoms. The summed E-state index contributed by atoms with van der Waals surface area (Å²) in [6.45, 7) is 10.8. The van der Waals surface area contributed by atoms with Crippen LogP contribution in [-0.2, 0) is 9.53 Å². The minimum atomic E-state index is -0.0153. The van der Waals surface area contributed by atoms with Gasteiger partial charge in [0.2, 0.25) is 5.91 Å². The number of amides is 1. The van der Waals surface area contributed by atoms with Crippen molar-refractivity contribution in [3.63, 3.8) is 0 Å². The van der Waals surface area contributed by atoms with Gasteiger partial charge in [-0.05, 0) is 25.7 Å². The van der Waals surface area contributed by atoms with Crippen molar-refractivity contribution in [1.29, 1.82) is 0 Å². The lowest BCUT2D eigenvalue weighted by atomic mass is 10.1. The van der Waals surface area contributed by atoms with Crippen LogP contribution in [0.25, 0.3) is 0 Å². The van der Waals surface area contributed by atoms with Gasteiger partial charge in [0.25, 0.3) is 0 Å². The van der Waals surface area contributed by atoms with Gasteiger partial charge in [0.05, 0.1) is 6.61 Å². The summed E-state index contributed by atoms with van der Waals surface area (Å²) in [7, 11) is 3.46. The molecule has 1 amide bonds. The molecule has 0 spiro atoms. The standard InChI is InChI=1S/C16H34N4O2.HI/c1-7-14(4)19-16(18-12-15(21)20(5)6)17-9-11-22-10-8-13(2)3;/h13-14H,7-12H2,1-6H3,(H2,17,18,19);1H. The molecule has 0 fully saturated rings. The molecule has 0 aliphatic heterocycles. The number of likely N-dealkylation sites (N-methyl/N-ethyl adjacent to an activating group) is 1. The predicted molar refractivity (Wildman–Crippen MR) is 108 cm³/mol. The van der Waals surface area contributed by atoms with Crippen LogP contribution in [0.2, 0.25) is 0 Å². The Bertz CT molecular complexity index is 336. The lowest BCUT2D eigenvalue weighted by molar-refractivity contribution is -0.127. The summed E-state index contributed by atoms with van der Waals surface area (Å²) in [4.78, 5) is 17.5. The fourth-order valence-corrected chi connectivity index (χ4v) is 1.44. The van der Waals surface area contributed by atoms with E-state index < -0.39 is 0 Å². The first-order chi connectivity index (χ1) is 10.4. The maximum atomic E-state index is 11.6. The van der Waals surface area contributed by atoms with E-state index in [1.807, 2.05) is 0 Å². The van der Waals surface area contributed by atoms with Crippen molar-refractivity contribution in [3.8, 4) is 0 Å². The number of hydrogen-bond donors (Lipinski definition) is 2. The highest BCUT2D eigenvalue weighted by atomic mass is 127. The van der Waals surface area contributed by atoms with Gasteiger partial charge in [0.15, 0.2) is 5.96 Å². The Morgan fingerprint density at radius 3 is 2.39 bits per heavy atom. The van der Waals surface area contributed by atoms with Crippen LogP contribution in [-0.4, -0.2) is 63.2 Å². The van der Waals surface area contributed by atoms with Gasteiger partial charge in [-0.25, -0.2) is 4.99 Å². The average molecular weight is 442 g/mol. The average Bonchev–Trinajstić information content (AvgIpc) is 2.46. The predicted octanol–water partition coefficient (Wildman–Crippen LogP) is 2.09. The number of nitrogens with one attached hydrogen (secondary N) is 2. The molecule has 0 aliphatic carbocycles. The second-order valence-corrected chi connectivity index (χ2v) is 6.13. The zero-order chi connectivity index (χ0) is 17.0. The summed E-state index contributed by atoms with van der Waals surface area (Å²) in [5.41, 5.74) is 0. The number of carbonyl (C=O) groups is 1. The van der Waals surface area contributed by atoms with E-state index in [1.54, 1.807) is 19.0 Å². The SMILES string of the molecule is CCC(C)NC(=NCC(=O)N(C)C)NCCOCCC(C)C.I. The minimum Gasteiger partial charge on any atom is -0.380 e. The smallest absolute Gasteiger partial charge is 0.243 e. The summed E-state index contributed by atoms with van der Waals surface area (Å²) in [6.07, 6.45) is 2.07. The molecule has 23 heavy (non-hydrogen) atoms. The number of ether oxygens (including phenoxy) is 1. The number of halogens is 1. The Hall–Kier alpha value is -0.570. The van der Waals surface area contributed by atoms with E-state index in [9.17, 15) is 4.79 Å². The molecule has 0 saturated heterocycles. The number of nitrogens with zero attached hydrogens (tertiary/aromatic N) is 2. The Kier molecular flexibility index (Phi) is 16.1. The molecule has 6 nitrogen and oxygen atoms in total. The maximum absolute atomic E-state index is 11.6. The molecule has 0 aromatic carbocycles. The summed E-state index contributed by atoms with van der Waals surface area (Å²) in [5.74, 6) is 1.31. The van der Waals surface area contributed by atoms with Crippen molar-refractivity contribution in [2.75, 3.05) is 40.4 Å². The second kappa shape index (κ2) is 15.0. The molecule has 2 N–H and O–H groups in total. The zero-order valence-corrected chi connectivity index (χ0v) is 17.8. The first-order valence-corrected chi connectivity index (χ1v) is 8.19. The van der Waals surface area contributed by atoms with Crippen molar-refractivity contribution >= 4 is 35.8 Å². The monoisotopic (exact) mass is 442 g/mol. The van der Waals surface area contributed by atoms with Gasteiger partial charge in [-0.2, -0.15) is 0 Å². The normalized spacial score (nSPS) is 12.6. The third-order valence-electron chi connectivity index (χ3n) is 3.25. The summed E-state index contributed by atoms with van der Waals surface area (Å²) < 4.78 is 5.57. The number of hydrogen-bond acceptors (Lipinski definition) is 3. The van der Waals surface area contributed by atoms with Gasteiger partial charge in [-0.3, -0.25) is 4.79 Å². The van der Waals surface area contributed by atoms with Gasteiger partial charge in [-0.1, -0.05) is 20.8 Å². The molecule has 1 atom stereocenters. The largest absolute Gasteiger partial charge is 0.380 e. The molecule has 7 heteroatoms. The van der Waals surface area contributed by atoms with E-state index in [1.165, 1.54) is 0 Å². The zero-order valence-electron chi connectivity index (χ0n) is 15.5. The highest BCUT2D eigenvalue weighted by molar-refractivity contribution is 14.0. The van der Waals surface area contributed by atoms with Crippen LogP contribution in [0.3, 0.4) is 0 Å². The third-order valence-corrected chi connectivity index (χ3v) is 3.25. The maximum Gasteiger partial charge on any atom is 0.243 e. The minimum absolute atomic E-state index is 0. The summed E-state index contributed by atoms with van der Waals surface area (Å²) >= 11 is 0. The molecule has 0 rings (SSSR count). The molecule has 0 aromatic heterocycles. The molecule has 0 radical (unpaired) electrons. The van der Waals surface area contributed by atoms with Crippen LogP contribution in [0, 0.1) is 5.92 Å². The van der Waals surface area contributed by atoms with E-state index in [0.29, 0.717) is 31.1 Å². The Morgan fingerprint density at radius 1 is 1.22 bits per heavy atom. The van der Waals surface area contributed by atoms with Crippen LogP contribution in [0.5, 0.6) is 0 Å². The van der Waals surface area contributed by atoms with Crippen LogP contribution < -0.4 is 10.6 Å². The van der Waals surface area contributed by atoms with Crippen molar-refractivity contribution in [2.24, 2.45) is 10.9 Å². The lowest BCUT2D eigenvalue weighted by Crippen LogP contribution is -2.44. The highest BCUT2D eigenvalue weighted by Crippen LogP contribution is 1.98. The van der Waals surface area contributed by atoms with Crippen LogP contribution in [0.4, 0.5) is 0 Å². The Morgan fingerprint density at radius 2 is 1.87 bits per heavy atom. The summed E-state index contributed by atoms with van der Waals surface area (Å²) in [6, 6.07) is 0.308. The first-order valence-electron chi connectivity index (χ1n) is 8.19. The van der Waals surface area contributed by atoms with E-state index in [2.05, 4.69) is 43.3 Å². The fraction of sp³-hybridized carbons (Fsp3) is 0.875. The third kappa shape index (κ3) is 14.7. The topological polar surface area (TPSA) is 66.0 Å². The Labute approximate surface area is 158 Å². The lowest BCUT2D eigenvalue weighted by Gasteiger charge is -2.17. The highest BCUT2D eigenvalue weighted by Gasteiger charge is 2.06. The van der Waals surface area contributed by atoms with Crippen LogP contribution in [0.15, 0.2) is 4.99 Å². The summed E-state index contributed by atoms with van der Waals surface area (Å²) in [5, 5.41) is 6.49. The van der Waals surface area contributed by atoms with E-state index in [0.717, 1.165) is 19.4 Å². The van der Waals surface area contributed by atoms with Crippen molar-refractivity contribution in [1.82, 2.24) is 15.5 Å². The molecular formula is C16H35IN4O2. The molecule has 0 saturated carbocycles. The fourth-order valence-electron chi connectivity index (χ4n) is 1.44. The van der Waals surface area contributed by atoms with Gasteiger partial charge >= 0.3 is 0 Å². The molecule has 0 heterocycles. The van der Waals surface area contributed by atoms with Crippen LogP contribution >= 0.6 is 24.0 Å². The quantitative estimate of drug-likeness (QED) is 0.235. The van der Waals surface area contributed by atoms with E-state index >= 15 is 0 Å². The molecule has 138 valence electrons. The van der Waals surface area contributed by atoms with E-state index in [4.69, 9.17) is 4.74 Å². The molecular weight excluding hydrogens is 407 g/mol. The first kappa shape index (κ1) is 24.7. The van der Waals surface area contributed by atoms with Gasteiger partial charge < -0.3 is 20.3 Å². The molecule has 1 unspecified atom stereocenters. The molecule has 0 aromatic rings. The van der Waals surface area contributed by atoms with Crippen molar-refractivity contribution in [2.45, 2.75) is 46.6 Å². The number of carbonyl (C=O) groups excluding carboxylic acids is 1. The van der Waals surface area contributed by atoms with Gasteiger partial charge in [-0.15, -0.1) is 24.0 Å². The Balaban J connectivity index is 0. The second-order valence-electron chi connectivity index (χ2n) is 6.13. The van der Waals surface area contributed by atoms with Gasteiger partial charge in [0.1, 0.15) is 6.54 Å².